The Balaban J connectivity index is 1.60. The smallest absolute Gasteiger partial charge is 0.318 e. The van der Waals surface area contributed by atoms with Gasteiger partial charge in [0.2, 0.25) is 0 Å². The van der Waals surface area contributed by atoms with Gasteiger partial charge in [-0.3, -0.25) is 4.79 Å². The number of H-pyrrole nitrogens is 1. The molecule has 7 heteroatoms. The van der Waals surface area contributed by atoms with E-state index in [2.05, 4.69) is 10.3 Å². The van der Waals surface area contributed by atoms with E-state index in [1.165, 1.54) is 0 Å². The summed E-state index contributed by atoms with van der Waals surface area (Å²) in [7, 11) is 1.61. The number of hydrogen-bond donors (Lipinski definition) is 2. The highest BCUT2D eigenvalue weighted by atomic mass is 16.5. The lowest BCUT2D eigenvalue weighted by atomic mass is 10.1. The van der Waals surface area contributed by atoms with E-state index < -0.39 is 0 Å². The molecule has 0 aliphatic carbocycles. The van der Waals surface area contributed by atoms with Crippen LogP contribution in [0.25, 0.3) is 10.9 Å². The maximum absolute atomic E-state index is 13.2. The van der Waals surface area contributed by atoms with Crippen molar-refractivity contribution < 1.29 is 14.3 Å². The van der Waals surface area contributed by atoms with Crippen molar-refractivity contribution >= 4 is 16.9 Å². The van der Waals surface area contributed by atoms with Gasteiger partial charge in [-0.1, -0.05) is 42.5 Å². The Labute approximate surface area is 204 Å². The zero-order valence-corrected chi connectivity index (χ0v) is 19.9. The Bertz CT molecular complexity index is 1330. The molecule has 180 valence electrons. The Morgan fingerprint density at radius 3 is 2.37 bits per heavy atom. The topological polar surface area (TPSA) is 83.7 Å². The van der Waals surface area contributed by atoms with Gasteiger partial charge in [0.25, 0.3) is 5.56 Å². The summed E-state index contributed by atoms with van der Waals surface area (Å²) < 4.78 is 10.8. The Hall–Kier alpha value is -4.26. The van der Waals surface area contributed by atoms with E-state index in [-0.39, 0.29) is 18.1 Å². The number of carbonyl (C=O) groups excluding carboxylic acids is 1. The minimum absolute atomic E-state index is 0.150. The predicted octanol–water partition coefficient (Wildman–Crippen LogP) is 4.85. The number of urea groups is 1. The minimum atomic E-state index is -0.257. The lowest BCUT2D eigenvalue weighted by Gasteiger charge is -2.23. The number of methoxy groups -OCH3 is 1. The summed E-state index contributed by atoms with van der Waals surface area (Å²) in [4.78, 5) is 30.6. The first-order chi connectivity index (χ1) is 17.1. The first kappa shape index (κ1) is 23.9. The fourth-order valence-corrected chi connectivity index (χ4v) is 3.85. The van der Waals surface area contributed by atoms with E-state index >= 15 is 0 Å². The van der Waals surface area contributed by atoms with Crippen LogP contribution in [0.15, 0.2) is 83.7 Å². The van der Waals surface area contributed by atoms with Gasteiger partial charge >= 0.3 is 6.03 Å². The Morgan fingerprint density at radius 2 is 1.66 bits per heavy atom. The molecule has 0 saturated carbocycles. The largest absolute Gasteiger partial charge is 0.497 e. The molecule has 0 radical (unpaired) electrons. The van der Waals surface area contributed by atoms with Crippen molar-refractivity contribution in [2.45, 2.75) is 26.6 Å². The number of nitrogens with zero attached hydrogens (tertiary/aromatic N) is 1. The fourth-order valence-electron chi connectivity index (χ4n) is 3.85. The molecule has 4 aromatic rings. The first-order valence-electron chi connectivity index (χ1n) is 11.5. The molecular formula is C28H29N3O4. The van der Waals surface area contributed by atoms with E-state index in [4.69, 9.17) is 9.47 Å². The zero-order chi connectivity index (χ0) is 24.6. The quantitative estimate of drug-likeness (QED) is 0.366. The third-order valence-corrected chi connectivity index (χ3v) is 5.67. The maximum Gasteiger partial charge on any atom is 0.318 e. The van der Waals surface area contributed by atoms with Crippen LogP contribution in [0, 0.1) is 0 Å². The van der Waals surface area contributed by atoms with Crippen molar-refractivity contribution in [3.05, 3.63) is 106 Å². The summed E-state index contributed by atoms with van der Waals surface area (Å²) in [5.41, 5.74) is 2.91. The van der Waals surface area contributed by atoms with Gasteiger partial charge in [0.15, 0.2) is 0 Å². The maximum atomic E-state index is 13.2. The third-order valence-electron chi connectivity index (χ3n) is 5.67. The molecule has 0 aliphatic rings. The normalized spacial score (nSPS) is 10.7. The monoisotopic (exact) mass is 471 g/mol. The molecule has 2 N–H and O–H groups in total. The third kappa shape index (κ3) is 6.20. The van der Waals surface area contributed by atoms with Crippen molar-refractivity contribution in [3.8, 4) is 11.5 Å². The second kappa shape index (κ2) is 11.2. The average Bonchev–Trinajstić information content (AvgIpc) is 2.88. The highest BCUT2D eigenvalue weighted by Crippen LogP contribution is 2.20. The Kier molecular flexibility index (Phi) is 7.67. The van der Waals surface area contributed by atoms with Crippen LogP contribution in [-0.4, -0.2) is 29.6 Å². The van der Waals surface area contributed by atoms with Crippen molar-refractivity contribution in [2.24, 2.45) is 0 Å². The summed E-state index contributed by atoms with van der Waals surface area (Å²) in [6.45, 7) is 3.36. The van der Waals surface area contributed by atoms with Crippen LogP contribution in [0.5, 0.6) is 11.5 Å². The molecule has 0 saturated heterocycles. The van der Waals surface area contributed by atoms with Gasteiger partial charge in [0, 0.05) is 29.6 Å². The van der Waals surface area contributed by atoms with Crippen LogP contribution in [-0.2, 0) is 19.6 Å². The molecule has 0 unspecified atom stereocenters. The molecule has 0 bridgehead atoms. The number of pyridine rings is 1. The molecular weight excluding hydrogens is 442 g/mol. The van der Waals surface area contributed by atoms with Gasteiger partial charge < -0.3 is 24.7 Å². The van der Waals surface area contributed by atoms with Crippen molar-refractivity contribution in [3.63, 3.8) is 0 Å². The van der Waals surface area contributed by atoms with E-state index in [9.17, 15) is 9.59 Å². The van der Waals surface area contributed by atoms with Gasteiger partial charge in [-0.25, -0.2) is 4.79 Å². The molecule has 4 rings (SSSR count). The summed E-state index contributed by atoms with van der Waals surface area (Å²) in [6, 6.07) is 24.4. The number of hydrogen-bond acceptors (Lipinski definition) is 4. The molecule has 0 atom stereocenters. The van der Waals surface area contributed by atoms with E-state index in [1.807, 2.05) is 85.8 Å². The molecule has 2 amide bonds. The predicted molar refractivity (Wildman–Crippen MR) is 137 cm³/mol. The molecule has 0 fully saturated rings. The average molecular weight is 472 g/mol. The van der Waals surface area contributed by atoms with Crippen molar-refractivity contribution in [1.82, 2.24) is 15.2 Å². The van der Waals surface area contributed by atoms with Gasteiger partial charge in [-0.15, -0.1) is 0 Å². The lowest BCUT2D eigenvalue weighted by molar-refractivity contribution is 0.191. The molecule has 35 heavy (non-hydrogen) atoms. The van der Waals surface area contributed by atoms with Crippen LogP contribution >= 0.6 is 0 Å². The number of nitrogens with one attached hydrogen (secondary N) is 2. The molecule has 0 spiro atoms. The molecule has 3 aromatic carbocycles. The van der Waals surface area contributed by atoms with Crippen LogP contribution in [0.1, 0.15) is 23.6 Å². The highest BCUT2D eigenvalue weighted by molar-refractivity contribution is 5.81. The number of aromatic amines is 1. The second-order valence-electron chi connectivity index (χ2n) is 8.15. The number of aromatic nitrogens is 1. The number of fused-ring (bicyclic) bond motifs is 1. The number of benzene rings is 3. The number of ether oxygens (including phenoxy) is 2. The number of rotatable bonds is 9. The van der Waals surface area contributed by atoms with E-state index in [0.29, 0.717) is 25.3 Å². The fraction of sp³-hybridized carbons (Fsp3) is 0.214. The van der Waals surface area contributed by atoms with Gasteiger partial charge in [-0.05, 0) is 54.4 Å². The van der Waals surface area contributed by atoms with Crippen molar-refractivity contribution in [1.29, 1.82) is 0 Å². The van der Waals surface area contributed by atoms with Gasteiger partial charge in [-0.2, -0.15) is 0 Å². The molecule has 7 nitrogen and oxygen atoms in total. The number of carbonyl (C=O) groups is 1. The molecule has 1 aromatic heterocycles. The summed E-state index contributed by atoms with van der Waals surface area (Å²) >= 11 is 0. The van der Waals surface area contributed by atoms with E-state index in [1.54, 1.807) is 12.0 Å². The summed E-state index contributed by atoms with van der Waals surface area (Å²) in [5, 5.41) is 3.82. The molecule has 0 aliphatic heterocycles. The van der Waals surface area contributed by atoms with E-state index in [0.717, 1.165) is 33.5 Å². The highest BCUT2D eigenvalue weighted by Gasteiger charge is 2.17. The van der Waals surface area contributed by atoms with Crippen LogP contribution in [0.2, 0.25) is 0 Å². The number of amides is 2. The lowest BCUT2D eigenvalue weighted by Crippen LogP contribution is -2.39. The first-order valence-corrected chi connectivity index (χ1v) is 11.5. The van der Waals surface area contributed by atoms with Gasteiger partial charge in [0.05, 0.1) is 20.3 Å². The standard InChI is InChI=1S/C28H29N3O4/c1-3-35-25-13-14-26-22(16-25)15-23(27(32)30-26)19-31(18-21-9-11-24(34-2)12-10-21)28(33)29-17-20-7-5-4-6-8-20/h4-16H,3,17-19H2,1-2H3,(H,29,33)(H,30,32). The summed E-state index contributed by atoms with van der Waals surface area (Å²) in [6.07, 6.45) is 0. The second-order valence-corrected chi connectivity index (χ2v) is 8.15. The zero-order valence-electron chi connectivity index (χ0n) is 19.9. The van der Waals surface area contributed by atoms with Crippen LogP contribution in [0.3, 0.4) is 0 Å². The molecule has 1 heterocycles. The Morgan fingerprint density at radius 1 is 0.914 bits per heavy atom. The SMILES string of the molecule is CCOc1ccc2[nH]c(=O)c(CN(Cc3ccc(OC)cc3)C(=O)NCc3ccccc3)cc2c1. The summed E-state index contributed by atoms with van der Waals surface area (Å²) in [5.74, 6) is 1.47. The van der Waals surface area contributed by atoms with Crippen LogP contribution in [0.4, 0.5) is 4.79 Å². The minimum Gasteiger partial charge on any atom is -0.497 e. The van der Waals surface area contributed by atoms with Gasteiger partial charge in [0.1, 0.15) is 11.5 Å². The van der Waals surface area contributed by atoms with Crippen LogP contribution < -0.4 is 20.3 Å². The van der Waals surface area contributed by atoms with Crippen molar-refractivity contribution in [2.75, 3.05) is 13.7 Å².